The van der Waals surface area contributed by atoms with Crippen molar-refractivity contribution in [3.63, 3.8) is 0 Å². The standard InChI is InChI=1S/C18H18N4O5S/c1-3-22-14-13(16(24)21-18(22)26)7-11(8-19-14)17(25)27-10(2)15(23)20-9-12-5-4-6-28-12/h4-8,10H,3,9H2,1-2H3,(H,20,23)(H,21,24,26)/t10-/m0/s1. The van der Waals surface area contributed by atoms with E-state index in [1.807, 2.05) is 17.5 Å². The van der Waals surface area contributed by atoms with E-state index in [4.69, 9.17) is 4.74 Å². The topological polar surface area (TPSA) is 123 Å². The lowest BCUT2D eigenvalue weighted by Crippen LogP contribution is -2.35. The third-order valence-electron chi connectivity index (χ3n) is 4.05. The first-order valence-electron chi connectivity index (χ1n) is 8.54. The zero-order valence-corrected chi connectivity index (χ0v) is 16.0. The summed E-state index contributed by atoms with van der Waals surface area (Å²) in [6.45, 7) is 3.85. The quantitative estimate of drug-likeness (QED) is 0.594. The van der Waals surface area contributed by atoms with Gasteiger partial charge in [-0.1, -0.05) is 6.07 Å². The molecule has 0 saturated carbocycles. The van der Waals surface area contributed by atoms with Gasteiger partial charge in [-0.05, 0) is 31.4 Å². The zero-order chi connectivity index (χ0) is 20.3. The Bertz CT molecular complexity index is 1130. The van der Waals surface area contributed by atoms with Crippen molar-refractivity contribution in [1.29, 1.82) is 0 Å². The highest BCUT2D eigenvalue weighted by Crippen LogP contribution is 2.11. The highest BCUT2D eigenvalue weighted by Gasteiger charge is 2.20. The van der Waals surface area contributed by atoms with Gasteiger partial charge in [0.25, 0.3) is 11.5 Å². The second-order valence-corrected chi connectivity index (χ2v) is 6.98. The van der Waals surface area contributed by atoms with Crippen LogP contribution in [-0.4, -0.2) is 32.5 Å². The molecule has 0 aliphatic rings. The Hall–Kier alpha value is -3.27. The largest absolute Gasteiger partial charge is 0.449 e. The molecular formula is C18H18N4O5S. The molecule has 0 fully saturated rings. The summed E-state index contributed by atoms with van der Waals surface area (Å²) in [5.41, 5.74) is -1.03. The molecular weight excluding hydrogens is 384 g/mol. The number of hydrogen-bond donors (Lipinski definition) is 2. The summed E-state index contributed by atoms with van der Waals surface area (Å²) in [7, 11) is 0. The fourth-order valence-corrected chi connectivity index (χ4v) is 3.23. The summed E-state index contributed by atoms with van der Waals surface area (Å²) in [4.78, 5) is 55.5. The molecule has 0 spiro atoms. The van der Waals surface area contributed by atoms with Crippen LogP contribution in [0.25, 0.3) is 11.0 Å². The number of thiophene rings is 1. The predicted molar refractivity (Wildman–Crippen MR) is 103 cm³/mol. The summed E-state index contributed by atoms with van der Waals surface area (Å²) in [5, 5.41) is 4.68. The van der Waals surface area contributed by atoms with Crippen LogP contribution >= 0.6 is 11.3 Å². The first-order valence-corrected chi connectivity index (χ1v) is 9.42. The minimum absolute atomic E-state index is 0.0113. The van der Waals surface area contributed by atoms with Gasteiger partial charge >= 0.3 is 11.7 Å². The molecule has 1 amide bonds. The van der Waals surface area contributed by atoms with E-state index in [2.05, 4.69) is 15.3 Å². The number of hydrogen-bond acceptors (Lipinski definition) is 7. The number of aromatic nitrogens is 3. The smallest absolute Gasteiger partial charge is 0.340 e. The van der Waals surface area contributed by atoms with Crippen molar-refractivity contribution in [2.45, 2.75) is 33.0 Å². The molecule has 3 aromatic heterocycles. The van der Waals surface area contributed by atoms with Crippen LogP contribution in [0.15, 0.2) is 39.4 Å². The molecule has 3 heterocycles. The van der Waals surface area contributed by atoms with E-state index < -0.39 is 29.2 Å². The van der Waals surface area contributed by atoms with Gasteiger partial charge in [0.1, 0.15) is 5.65 Å². The second kappa shape index (κ2) is 8.17. The maximum atomic E-state index is 12.3. The van der Waals surface area contributed by atoms with Crippen molar-refractivity contribution in [2.24, 2.45) is 0 Å². The van der Waals surface area contributed by atoms with Crippen molar-refractivity contribution in [3.05, 3.63) is 61.1 Å². The number of carbonyl (C=O) groups excluding carboxylic acids is 2. The Morgan fingerprint density at radius 1 is 1.39 bits per heavy atom. The van der Waals surface area contributed by atoms with Gasteiger partial charge in [-0.2, -0.15) is 0 Å². The van der Waals surface area contributed by atoms with E-state index in [1.165, 1.54) is 35.1 Å². The molecule has 0 aliphatic carbocycles. The highest BCUT2D eigenvalue weighted by atomic mass is 32.1. The summed E-state index contributed by atoms with van der Waals surface area (Å²) < 4.78 is 6.45. The van der Waals surface area contributed by atoms with Gasteiger partial charge in [0, 0.05) is 17.6 Å². The van der Waals surface area contributed by atoms with Crippen molar-refractivity contribution in [1.82, 2.24) is 19.9 Å². The maximum Gasteiger partial charge on any atom is 0.340 e. The summed E-state index contributed by atoms with van der Waals surface area (Å²) >= 11 is 1.51. The Labute approximate surface area is 163 Å². The lowest BCUT2D eigenvalue weighted by atomic mass is 10.2. The van der Waals surface area contributed by atoms with Crippen LogP contribution in [0.4, 0.5) is 0 Å². The van der Waals surface area contributed by atoms with Gasteiger partial charge in [-0.15, -0.1) is 11.3 Å². The number of H-pyrrole nitrogens is 1. The molecule has 9 nitrogen and oxygen atoms in total. The number of fused-ring (bicyclic) bond motifs is 1. The number of amides is 1. The number of aryl methyl sites for hydroxylation is 1. The average Bonchev–Trinajstić information content (AvgIpc) is 3.19. The summed E-state index contributed by atoms with van der Waals surface area (Å²) in [5.74, 6) is -1.23. The van der Waals surface area contributed by atoms with Crippen molar-refractivity contribution >= 4 is 34.2 Å². The van der Waals surface area contributed by atoms with E-state index in [-0.39, 0.29) is 16.6 Å². The van der Waals surface area contributed by atoms with E-state index in [9.17, 15) is 19.2 Å². The Balaban J connectivity index is 1.75. The minimum atomic E-state index is -1.02. The Morgan fingerprint density at radius 2 is 2.18 bits per heavy atom. The van der Waals surface area contributed by atoms with E-state index in [0.29, 0.717) is 13.1 Å². The molecule has 0 aromatic carbocycles. The molecule has 3 rings (SSSR count). The Morgan fingerprint density at radius 3 is 2.86 bits per heavy atom. The third kappa shape index (κ3) is 4.01. The van der Waals surface area contributed by atoms with Crippen molar-refractivity contribution in [2.75, 3.05) is 0 Å². The molecule has 28 heavy (non-hydrogen) atoms. The lowest BCUT2D eigenvalue weighted by molar-refractivity contribution is -0.129. The summed E-state index contributed by atoms with van der Waals surface area (Å²) in [6, 6.07) is 5.06. The van der Waals surface area contributed by atoms with E-state index in [0.717, 1.165) is 4.88 Å². The first-order chi connectivity index (χ1) is 13.4. The maximum absolute atomic E-state index is 12.3. The molecule has 0 saturated heterocycles. The van der Waals surface area contributed by atoms with Crippen LogP contribution in [0.3, 0.4) is 0 Å². The van der Waals surface area contributed by atoms with Gasteiger partial charge in [-0.25, -0.2) is 14.6 Å². The van der Waals surface area contributed by atoms with Crippen LogP contribution in [0.2, 0.25) is 0 Å². The third-order valence-corrected chi connectivity index (χ3v) is 4.93. The predicted octanol–water partition coefficient (Wildman–Crippen LogP) is 1.03. The Kier molecular flexibility index (Phi) is 5.69. The van der Waals surface area contributed by atoms with Gasteiger partial charge in [0.15, 0.2) is 6.10 Å². The fourth-order valence-electron chi connectivity index (χ4n) is 2.59. The van der Waals surface area contributed by atoms with Crippen LogP contribution in [0, 0.1) is 0 Å². The number of pyridine rings is 1. The number of esters is 1. The number of aromatic amines is 1. The second-order valence-electron chi connectivity index (χ2n) is 5.94. The van der Waals surface area contributed by atoms with Gasteiger partial charge in [0.2, 0.25) is 0 Å². The molecule has 0 bridgehead atoms. The highest BCUT2D eigenvalue weighted by molar-refractivity contribution is 7.09. The van der Waals surface area contributed by atoms with Crippen LogP contribution in [-0.2, 0) is 22.6 Å². The first kappa shape index (κ1) is 19.5. The van der Waals surface area contributed by atoms with Crippen LogP contribution < -0.4 is 16.6 Å². The van der Waals surface area contributed by atoms with Crippen LogP contribution in [0.5, 0.6) is 0 Å². The number of ether oxygens (including phenoxy) is 1. The van der Waals surface area contributed by atoms with Gasteiger partial charge in [0.05, 0.1) is 17.5 Å². The number of nitrogens with one attached hydrogen (secondary N) is 2. The SMILES string of the molecule is CCn1c(=O)[nH]c(=O)c2cc(C(=O)O[C@@H](C)C(=O)NCc3cccs3)cnc21. The molecule has 0 unspecified atom stereocenters. The molecule has 0 radical (unpaired) electrons. The lowest BCUT2D eigenvalue weighted by Gasteiger charge is -2.13. The average molecular weight is 402 g/mol. The van der Waals surface area contributed by atoms with E-state index >= 15 is 0 Å². The molecule has 2 N–H and O–H groups in total. The summed E-state index contributed by atoms with van der Waals surface area (Å²) in [6.07, 6.45) is 0.192. The molecule has 1 atom stereocenters. The zero-order valence-electron chi connectivity index (χ0n) is 15.2. The van der Waals surface area contributed by atoms with Gasteiger partial charge in [-0.3, -0.25) is 19.1 Å². The van der Waals surface area contributed by atoms with Gasteiger partial charge < -0.3 is 10.1 Å². The van der Waals surface area contributed by atoms with Crippen molar-refractivity contribution in [3.8, 4) is 0 Å². The monoisotopic (exact) mass is 402 g/mol. The normalized spacial score (nSPS) is 11.9. The molecule has 146 valence electrons. The van der Waals surface area contributed by atoms with Crippen molar-refractivity contribution < 1.29 is 14.3 Å². The minimum Gasteiger partial charge on any atom is -0.449 e. The molecule has 3 aromatic rings. The number of nitrogens with zero attached hydrogens (tertiary/aromatic N) is 2. The van der Waals surface area contributed by atoms with Crippen LogP contribution in [0.1, 0.15) is 29.1 Å². The number of rotatable bonds is 6. The number of carbonyl (C=O) groups is 2. The fraction of sp³-hybridized carbons (Fsp3) is 0.278. The molecule has 0 aliphatic heterocycles. The molecule has 10 heteroatoms. The van der Waals surface area contributed by atoms with E-state index in [1.54, 1.807) is 6.92 Å².